The van der Waals surface area contributed by atoms with Gasteiger partial charge in [-0.2, -0.15) is 0 Å². The molecule has 0 aromatic heterocycles. The zero-order chi connectivity index (χ0) is 47.9. The highest BCUT2D eigenvalue weighted by Crippen LogP contribution is 2.45. The summed E-state index contributed by atoms with van der Waals surface area (Å²) in [7, 11) is 0. The van der Waals surface area contributed by atoms with Crippen molar-refractivity contribution in [3.8, 4) is 11.5 Å². The molecule has 3 heteroatoms. The smallest absolute Gasteiger partial charge is 0.395 e. The van der Waals surface area contributed by atoms with Crippen molar-refractivity contribution < 1.29 is 14.3 Å². The molecule has 0 spiro atoms. The van der Waals surface area contributed by atoms with E-state index in [-0.39, 0.29) is 10.8 Å². The van der Waals surface area contributed by atoms with Crippen LogP contribution in [0, 0.1) is 0 Å². The van der Waals surface area contributed by atoms with Gasteiger partial charge in [0.25, 0.3) is 0 Å². The van der Waals surface area contributed by atoms with Gasteiger partial charge in [-0.05, 0) is 107 Å². The number of ether oxygens (including phenoxy) is 2. The van der Waals surface area contributed by atoms with Crippen LogP contribution in [0.25, 0.3) is 0 Å². The van der Waals surface area contributed by atoms with Gasteiger partial charge in [-0.1, -0.05) is 270 Å². The monoisotopic (exact) mass is 923 g/mol. The molecule has 0 unspecified atom stereocenters. The Kier molecular flexibility index (Phi) is 18.5. The number of aryl methyl sites for hydroxylation is 2. The topological polar surface area (TPSA) is 35.5 Å². The maximum atomic E-state index is 12.7. The molecular weight excluding hydrogens is 853 g/mol. The van der Waals surface area contributed by atoms with E-state index < -0.39 is 6.16 Å². The summed E-state index contributed by atoms with van der Waals surface area (Å²) in [6, 6.07) is 82.0. The van der Waals surface area contributed by atoms with Gasteiger partial charge in [-0.15, -0.1) is 0 Å². The molecule has 0 amide bonds. The van der Waals surface area contributed by atoms with Crippen LogP contribution < -0.4 is 9.47 Å². The molecule has 0 aliphatic heterocycles. The number of carbonyl (C=O) groups is 1. The molecule has 0 atom stereocenters. The molecular formula is C67H70O3. The van der Waals surface area contributed by atoms with Crippen molar-refractivity contribution in [2.24, 2.45) is 0 Å². The maximum absolute atomic E-state index is 12.7. The normalized spacial score (nSPS) is 11.5. The van der Waals surface area contributed by atoms with E-state index in [0.29, 0.717) is 11.5 Å². The molecule has 3 nitrogen and oxygen atoms in total. The van der Waals surface area contributed by atoms with Crippen LogP contribution in [0.3, 0.4) is 0 Å². The quantitative estimate of drug-likeness (QED) is 0.0235. The first-order valence-corrected chi connectivity index (χ1v) is 26.0. The predicted octanol–water partition coefficient (Wildman–Crippen LogP) is 17.9. The lowest BCUT2D eigenvalue weighted by Crippen LogP contribution is -2.29. The summed E-state index contributed by atoms with van der Waals surface area (Å²) in [6.07, 6.45) is 17.8. The van der Waals surface area contributed by atoms with Crippen molar-refractivity contribution in [1.29, 1.82) is 0 Å². The summed E-state index contributed by atoms with van der Waals surface area (Å²) in [4.78, 5) is 12.7. The minimum Gasteiger partial charge on any atom is -0.395 e. The van der Waals surface area contributed by atoms with Crippen molar-refractivity contribution in [2.75, 3.05) is 0 Å². The van der Waals surface area contributed by atoms with Crippen molar-refractivity contribution in [3.05, 3.63) is 275 Å². The highest BCUT2D eigenvalue weighted by molar-refractivity contribution is 5.67. The molecule has 0 saturated heterocycles. The Balaban J connectivity index is 0.703. The SMILES string of the molecule is O=C(Oc1ccc(CCCCCCCCC(c2ccccc2)(c2ccccc2)c2ccccc2)cc1)Oc1ccc(CCCCCCCCC(c2ccccc2)(c2ccccc2)c2ccccc2)cc1. The lowest BCUT2D eigenvalue weighted by Gasteiger charge is -2.36. The summed E-state index contributed by atoms with van der Waals surface area (Å²) < 4.78 is 11.1. The van der Waals surface area contributed by atoms with E-state index >= 15 is 0 Å². The summed E-state index contributed by atoms with van der Waals surface area (Å²) in [5.41, 5.74) is 10.3. The number of hydrogen-bond acceptors (Lipinski definition) is 3. The summed E-state index contributed by atoms with van der Waals surface area (Å²) in [6.45, 7) is 0. The summed E-state index contributed by atoms with van der Waals surface area (Å²) in [5.74, 6) is 0.983. The molecule has 0 aliphatic carbocycles. The Morgan fingerprint density at radius 1 is 0.271 bits per heavy atom. The largest absolute Gasteiger partial charge is 0.519 e. The number of rotatable bonds is 26. The molecule has 8 aromatic carbocycles. The van der Waals surface area contributed by atoms with Crippen LogP contribution >= 0.6 is 0 Å². The van der Waals surface area contributed by atoms with E-state index in [0.717, 1.165) is 38.5 Å². The molecule has 0 saturated carbocycles. The zero-order valence-corrected chi connectivity index (χ0v) is 41.0. The average Bonchev–Trinajstić information content (AvgIpc) is 3.42. The molecule has 0 bridgehead atoms. The van der Waals surface area contributed by atoms with Gasteiger partial charge >= 0.3 is 6.16 Å². The highest BCUT2D eigenvalue weighted by atomic mass is 16.7. The summed E-state index contributed by atoms with van der Waals surface area (Å²) in [5, 5.41) is 0. The number of hydrogen-bond donors (Lipinski definition) is 0. The Morgan fingerprint density at radius 3 is 0.757 bits per heavy atom. The Labute approximate surface area is 418 Å². The second kappa shape index (κ2) is 26.1. The Morgan fingerprint density at radius 2 is 0.500 bits per heavy atom. The minimum atomic E-state index is -0.720. The van der Waals surface area contributed by atoms with Crippen LogP contribution in [0.15, 0.2) is 231 Å². The fourth-order valence-electron chi connectivity index (χ4n) is 10.7. The molecule has 0 fully saturated rings. The van der Waals surface area contributed by atoms with E-state index in [1.807, 2.05) is 24.3 Å². The third kappa shape index (κ3) is 13.2. The lowest BCUT2D eigenvalue weighted by molar-refractivity contribution is 0.152. The van der Waals surface area contributed by atoms with Gasteiger partial charge in [0.15, 0.2) is 0 Å². The maximum Gasteiger partial charge on any atom is 0.519 e. The van der Waals surface area contributed by atoms with Gasteiger partial charge in [0.05, 0.1) is 0 Å². The molecule has 8 rings (SSSR count). The first-order chi connectivity index (χ1) is 34.6. The van der Waals surface area contributed by atoms with E-state index in [9.17, 15) is 4.79 Å². The third-order valence-electron chi connectivity index (χ3n) is 14.4. The summed E-state index contributed by atoms with van der Waals surface area (Å²) >= 11 is 0. The molecule has 0 heterocycles. The second-order valence-electron chi connectivity index (χ2n) is 19.0. The van der Waals surface area contributed by atoms with Crippen LogP contribution in [0.5, 0.6) is 11.5 Å². The van der Waals surface area contributed by atoms with Crippen LogP contribution in [0.1, 0.15) is 134 Å². The van der Waals surface area contributed by atoms with Gasteiger partial charge in [0, 0.05) is 10.8 Å². The minimum absolute atomic E-state index is 0.170. The van der Waals surface area contributed by atoms with Crippen molar-refractivity contribution in [2.45, 2.75) is 114 Å². The van der Waals surface area contributed by atoms with E-state index in [4.69, 9.17) is 9.47 Å². The lowest BCUT2D eigenvalue weighted by atomic mass is 9.66. The third-order valence-corrected chi connectivity index (χ3v) is 14.4. The van der Waals surface area contributed by atoms with Gasteiger partial charge < -0.3 is 9.47 Å². The Bertz CT molecular complexity index is 2300. The van der Waals surface area contributed by atoms with Crippen LogP contribution in [-0.4, -0.2) is 6.16 Å². The number of carbonyl (C=O) groups excluding carboxylic acids is 1. The molecule has 0 N–H and O–H groups in total. The van der Waals surface area contributed by atoms with Crippen molar-refractivity contribution in [3.63, 3.8) is 0 Å². The first kappa shape index (κ1) is 49.5. The van der Waals surface area contributed by atoms with E-state index in [1.165, 1.54) is 109 Å². The standard InChI is InChI=1S/C67H70O3/c68-65(69-63-49-45-55(46-50-63)31-15-5-1-3-7-29-53-66(57-33-17-9-18-34-57,58-35-19-10-20-36-58)59-37-21-11-22-38-59)70-64-51-47-56(48-52-64)32-16-6-2-4-8-30-54-67(60-39-23-12-24-40-60,61-41-25-13-26-42-61)62-43-27-14-28-44-62/h9-14,17-28,33-52H,1-8,15-16,29-32,53-54H2. The molecule has 8 aromatic rings. The average molecular weight is 923 g/mol. The van der Waals surface area contributed by atoms with E-state index in [2.05, 4.69) is 206 Å². The van der Waals surface area contributed by atoms with E-state index in [1.54, 1.807) is 0 Å². The number of benzene rings is 8. The fraction of sp³-hybridized carbons (Fsp3) is 0.269. The fourth-order valence-corrected chi connectivity index (χ4v) is 10.7. The van der Waals surface area contributed by atoms with Crippen molar-refractivity contribution >= 4 is 6.16 Å². The molecule has 0 aliphatic rings. The molecule has 0 radical (unpaired) electrons. The van der Waals surface area contributed by atoms with Gasteiger partial charge in [0.1, 0.15) is 11.5 Å². The van der Waals surface area contributed by atoms with Crippen LogP contribution in [0.4, 0.5) is 4.79 Å². The Hall–Kier alpha value is -6.97. The van der Waals surface area contributed by atoms with Crippen molar-refractivity contribution in [1.82, 2.24) is 0 Å². The van der Waals surface area contributed by atoms with Gasteiger partial charge in [-0.25, -0.2) is 4.79 Å². The predicted molar refractivity (Wildman–Crippen MR) is 290 cm³/mol. The molecule has 356 valence electrons. The van der Waals surface area contributed by atoms with Crippen LogP contribution in [0.2, 0.25) is 0 Å². The number of unbranched alkanes of at least 4 members (excludes halogenated alkanes) is 10. The first-order valence-electron chi connectivity index (χ1n) is 26.0. The second-order valence-corrected chi connectivity index (χ2v) is 19.0. The highest BCUT2D eigenvalue weighted by Gasteiger charge is 2.36. The molecule has 70 heavy (non-hydrogen) atoms. The van der Waals surface area contributed by atoms with Crippen LogP contribution in [-0.2, 0) is 23.7 Å². The van der Waals surface area contributed by atoms with Gasteiger partial charge in [-0.3, -0.25) is 0 Å². The zero-order valence-electron chi connectivity index (χ0n) is 41.0. The van der Waals surface area contributed by atoms with Gasteiger partial charge in [0.2, 0.25) is 0 Å².